The van der Waals surface area contributed by atoms with Gasteiger partial charge < -0.3 is 14.8 Å². The monoisotopic (exact) mass is 434 g/mol. The number of benzene rings is 2. The second-order valence-electron chi connectivity index (χ2n) is 7.02. The van der Waals surface area contributed by atoms with Crippen molar-refractivity contribution in [2.24, 2.45) is 0 Å². The molecule has 2 rings (SSSR count). The van der Waals surface area contributed by atoms with Crippen LogP contribution in [0.1, 0.15) is 24.5 Å². The lowest BCUT2D eigenvalue weighted by molar-refractivity contribution is -0.122. The van der Waals surface area contributed by atoms with Crippen molar-refractivity contribution in [3.63, 3.8) is 0 Å². The smallest absolute Gasteiger partial charge is 0.244 e. The van der Waals surface area contributed by atoms with Crippen LogP contribution in [0.15, 0.2) is 42.5 Å². The van der Waals surface area contributed by atoms with Crippen molar-refractivity contribution >= 4 is 21.6 Å². The Kier molecular flexibility index (Phi) is 8.11. The molecule has 0 saturated carbocycles. The number of rotatable bonds is 10. The third kappa shape index (κ3) is 5.89. The molecule has 0 heterocycles. The number of hydrogen-bond acceptors (Lipinski definition) is 5. The molecule has 0 bridgehead atoms. The lowest BCUT2D eigenvalue weighted by Crippen LogP contribution is -2.50. The minimum atomic E-state index is -3.70. The van der Waals surface area contributed by atoms with Crippen LogP contribution in [0, 0.1) is 13.8 Å². The van der Waals surface area contributed by atoms with Gasteiger partial charge in [-0.2, -0.15) is 0 Å². The van der Waals surface area contributed by atoms with Gasteiger partial charge in [0.2, 0.25) is 15.9 Å². The summed E-state index contributed by atoms with van der Waals surface area (Å²) in [6, 6.07) is 11.6. The average molecular weight is 435 g/mol. The molecule has 0 aliphatic heterocycles. The molecular formula is C22H30N2O5S. The summed E-state index contributed by atoms with van der Waals surface area (Å²) in [5.41, 5.74) is 2.56. The summed E-state index contributed by atoms with van der Waals surface area (Å²) in [6.07, 6.45) is 1.40. The van der Waals surface area contributed by atoms with E-state index < -0.39 is 16.1 Å². The highest BCUT2D eigenvalue weighted by Crippen LogP contribution is 2.26. The van der Waals surface area contributed by atoms with Crippen LogP contribution in [0.4, 0.5) is 5.69 Å². The van der Waals surface area contributed by atoms with Crippen molar-refractivity contribution in [3.8, 4) is 11.5 Å². The van der Waals surface area contributed by atoms with E-state index in [4.69, 9.17) is 9.47 Å². The van der Waals surface area contributed by atoms with Gasteiger partial charge in [0.15, 0.2) is 0 Å². The number of carbonyl (C=O) groups is 1. The first-order chi connectivity index (χ1) is 14.2. The summed E-state index contributed by atoms with van der Waals surface area (Å²) in [4.78, 5) is 12.8. The fourth-order valence-electron chi connectivity index (χ4n) is 3.14. The lowest BCUT2D eigenvalue weighted by Gasteiger charge is -2.30. The first kappa shape index (κ1) is 23.5. The van der Waals surface area contributed by atoms with E-state index in [0.29, 0.717) is 17.9 Å². The summed E-state index contributed by atoms with van der Waals surface area (Å²) in [6.45, 7) is 6.31. The van der Waals surface area contributed by atoms with Gasteiger partial charge in [0.1, 0.15) is 24.1 Å². The van der Waals surface area contributed by atoms with Crippen LogP contribution in [0.3, 0.4) is 0 Å². The summed E-state index contributed by atoms with van der Waals surface area (Å²) in [7, 11) is -2.19. The van der Waals surface area contributed by atoms with Gasteiger partial charge in [-0.05, 0) is 49.6 Å². The van der Waals surface area contributed by atoms with Gasteiger partial charge in [-0.1, -0.05) is 25.1 Å². The highest BCUT2D eigenvalue weighted by atomic mass is 32.2. The van der Waals surface area contributed by atoms with Gasteiger partial charge in [0, 0.05) is 6.07 Å². The van der Waals surface area contributed by atoms with Crippen molar-refractivity contribution < 1.29 is 22.7 Å². The van der Waals surface area contributed by atoms with Crippen LogP contribution < -0.4 is 19.1 Å². The average Bonchev–Trinajstić information content (AvgIpc) is 2.71. The predicted molar refractivity (Wildman–Crippen MR) is 119 cm³/mol. The summed E-state index contributed by atoms with van der Waals surface area (Å²) >= 11 is 0. The Morgan fingerprint density at radius 1 is 1.17 bits per heavy atom. The number of amides is 1. The maximum atomic E-state index is 12.8. The molecular weight excluding hydrogens is 404 g/mol. The van der Waals surface area contributed by atoms with Gasteiger partial charge in [-0.25, -0.2) is 8.42 Å². The number of anilines is 1. The summed E-state index contributed by atoms with van der Waals surface area (Å²) in [5.74, 6) is 0.902. The second-order valence-corrected chi connectivity index (χ2v) is 8.88. The molecule has 0 aromatic heterocycles. The van der Waals surface area contributed by atoms with Gasteiger partial charge >= 0.3 is 0 Å². The van der Waals surface area contributed by atoms with Crippen molar-refractivity contribution in [1.29, 1.82) is 0 Å². The van der Waals surface area contributed by atoms with Crippen LogP contribution in [0.25, 0.3) is 0 Å². The van der Waals surface area contributed by atoms with Crippen LogP contribution >= 0.6 is 0 Å². The largest absolute Gasteiger partial charge is 0.497 e. The molecule has 1 amide bonds. The van der Waals surface area contributed by atoms with E-state index in [1.165, 1.54) is 7.11 Å². The lowest BCUT2D eigenvalue weighted by atomic mass is 10.1. The maximum Gasteiger partial charge on any atom is 0.244 e. The number of nitrogens with one attached hydrogen (secondary N) is 1. The topological polar surface area (TPSA) is 84.9 Å². The normalized spacial score (nSPS) is 12.2. The third-order valence-corrected chi connectivity index (χ3v) is 6.03. The molecule has 164 valence electrons. The Morgan fingerprint density at radius 3 is 2.50 bits per heavy atom. The Bertz CT molecular complexity index is 975. The van der Waals surface area contributed by atoms with Crippen molar-refractivity contribution in [1.82, 2.24) is 5.32 Å². The van der Waals surface area contributed by atoms with Gasteiger partial charge in [0.05, 0.1) is 25.6 Å². The van der Waals surface area contributed by atoms with E-state index in [9.17, 15) is 13.2 Å². The molecule has 0 saturated heterocycles. The molecule has 0 fully saturated rings. The molecule has 0 radical (unpaired) electrons. The van der Waals surface area contributed by atoms with E-state index in [2.05, 4.69) is 5.32 Å². The molecule has 2 aromatic rings. The first-order valence-corrected chi connectivity index (χ1v) is 11.6. The predicted octanol–water partition coefficient (Wildman–Crippen LogP) is 3.05. The number of aryl methyl sites for hydroxylation is 1. The number of nitrogens with zero attached hydrogens (tertiary/aromatic N) is 1. The van der Waals surface area contributed by atoms with E-state index in [-0.39, 0.29) is 19.1 Å². The third-order valence-electron chi connectivity index (χ3n) is 4.85. The summed E-state index contributed by atoms with van der Waals surface area (Å²) in [5, 5.41) is 2.79. The van der Waals surface area contributed by atoms with E-state index in [1.807, 2.05) is 32.0 Å². The zero-order valence-electron chi connectivity index (χ0n) is 18.1. The van der Waals surface area contributed by atoms with Crippen LogP contribution in [-0.2, 0) is 14.8 Å². The molecule has 2 aromatic carbocycles. The van der Waals surface area contributed by atoms with Crippen molar-refractivity contribution in [2.75, 3.05) is 30.8 Å². The van der Waals surface area contributed by atoms with Crippen molar-refractivity contribution in [2.45, 2.75) is 33.2 Å². The Labute approximate surface area is 179 Å². The molecule has 1 N–H and O–H groups in total. The van der Waals surface area contributed by atoms with E-state index >= 15 is 0 Å². The molecule has 1 atom stereocenters. The number of carbonyl (C=O) groups excluding carboxylic acids is 1. The molecule has 30 heavy (non-hydrogen) atoms. The number of sulfonamides is 1. The highest BCUT2D eigenvalue weighted by Gasteiger charge is 2.31. The minimum absolute atomic E-state index is 0.262. The minimum Gasteiger partial charge on any atom is -0.497 e. The number of ether oxygens (including phenoxy) is 2. The van der Waals surface area contributed by atoms with Crippen molar-refractivity contribution in [3.05, 3.63) is 53.6 Å². The maximum absolute atomic E-state index is 12.8. The molecule has 0 spiro atoms. The van der Waals surface area contributed by atoms with E-state index in [1.54, 1.807) is 31.2 Å². The Morgan fingerprint density at radius 2 is 1.87 bits per heavy atom. The molecule has 7 nitrogen and oxygen atoms in total. The summed E-state index contributed by atoms with van der Waals surface area (Å²) < 4.78 is 37.1. The second kappa shape index (κ2) is 10.3. The molecule has 0 aliphatic rings. The van der Waals surface area contributed by atoms with Gasteiger partial charge in [-0.3, -0.25) is 9.10 Å². The fraction of sp³-hybridized carbons (Fsp3) is 0.409. The number of methoxy groups -OCH3 is 1. The van der Waals surface area contributed by atoms with Gasteiger partial charge in [0.25, 0.3) is 0 Å². The van der Waals surface area contributed by atoms with E-state index in [0.717, 1.165) is 27.4 Å². The Hall–Kier alpha value is -2.74. The fourth-order valence-corrected chi connectivity index (χ4v) is 4.34. The number of hydrogen-bond donors (Lipinski definition) is 1. The highest BCUT2D eigenvalue weighted by molar-refractivity contribution is 7.92. The SMILES string of the molecule is CCC(C(=O)NCCOc1cccc(C)c1C)N(c1cccc(OC)c1)S(C)(=O)=O. The first-order valence-electron chi connectivity index (χ1n) is 9.79. The van der Waals surface area contributed by atoms with Crippen LogP contribution in [0.2, 0.25) is 0 Å². The molecule has 8 heteroatoms. The Balaban J connectivity index is 2.09. The van der Waals surface area contributed by atoms with Crippen LogP contribution in [-0.4, -0.2) is 46.9 Å². The van der Waals surface area contributed by atoms with Crippen LogP contribution in [0.5, 0.6) is 11.5 Å². The standard InChI is InChI=1S/C22H30N2O5S/c1-6-20(24(30(5,26)27)18-10-8-11-19(15-18)28-4)22(25)23-13-14-29-21-12-7-9-16(2)17(21)3/h7-12,15,20H,6,13-14H2,1-5H3,(H,23,25). The quantitative estimate of drug-likeness (QED) is 0.581. The molecule has 0 aliphatic carbocycles. The zero-order chi connectivity index (χ0) is 22.3. The molecule has 1 unspecified atom stereocenters. The zero-order valence-corrected chi connectivity index (χ0v) is 19.0. The van der Waals surface area contributed by atoms with Gasteiger partial charge in [-0.15, -0.1) is 0 Å².